The highest BCUT2D eigenvalue weighted by molar-refractivity contribution is 5.86. The first-order valence-electron chi connectivity index (χ1n) is 3.94. The number of amides is 1. The molecule has 1 fully saturated rings. The van der Waals surface area contributed by atoms with Gasteiger partial charge in [-0.2, -0.15) is 0 Å². The molecule has 2 N–H and O–H groups in total. The number of nitrogens with two attached hydrogens (primary N) is 1. The molecule has 0 spiro atoms. The molecule has 1 aliphatic rings. The third-order valence-corrected chi connectivity index (χ3v) is 2.58. The van der Waals surface area contributed by atoms with E-state index in [0.29, 0.717) is 5.76 Å². The Labute approximate surface area is 69.8 Å². The van der Waals surface area contributed by atoms with E-state index in [1.54, 1.807) is 6.20 Å². The van der Waals surface area contributed by atoms with Gasteiger partial charge in [-0.15, -0.1) is 0 Å². The Morgan fingerprint density at radius 2 is 2.42 bits per heavy atom. The summed E-state index contributed by atoms with van der Waals surface area (Å²) in [5.41, 5.74) is 4.75. The van der Waals surface area contributed by atoms with Crippen molar-refractivity contribution in [2.45, 2.75) is 24.7 Å². The summed E-state index contributed by atoms with van der Waals surface area (Å²) in [7, 11) is 0. The second-order valence-electron chi connectivity index (χ2n) is 3.17. The van der Waals surface area contributed by atoms with Crippen molar-refractivity contribution < 1.29 is 9.21 Å². The molecular formula is C8H10N2O2. The minimum Gasteiger partial charge on any atom is -0.447 e. The minimum absolute atomic E-state index is 0.300. The average molecular weight is 166 g/mol. The quantitative estimate of drug-likeness (QED) is 0.698. The topological polar surface area (TPSA) is 69.1 Å². The monoisotopic (exact) mass is 166 g/mol. The van der Waals surface area contributed by atoms with Crippen LogP contribution in [0.3, 0.4) is 0 Å². The number of hydrogen-bond donors (Lipinski definition) is 1. The molecule has 0 saturated heterocycles. The van der Waals surface area contributed by atoms with Gasteiger partial charge in [0.25, 0.3) is 0 Å². The molecule has 0 unspecified atom stereocenters. The molecule has 1 aromatic heterocycles. The first-order valence-corrected chi connectivity index (χ1v) is 3.94. The fourth-order valence-corrected chi connectivity index (χ4v) is 1.60. The van der Waals surface area contributed by atoms with Gasteiger partial charge in [0.2, 0.25) is 5.91 Å². The van der Waals surface area contributed by atoms with Gasteiger partial charge in [0.15, 0.2) is 6.39 Å². The summed E-state index contributed by atoms with van der Waals surface area (Å²) in [6.45, 7) is 0. The van der Waals surface area contributed by atoms with Gasteiger partial charge in [-0.25, -0.2) is 4.98 Å². The van der Waals surface area contributed by atoms with Crippen molar-refractivity contribution in [3.8, 4) is 0 Å². The lowest BCUT2D eigenvalue weighted by Gasteiger charge is -2.36. The van der Waals surface area contributed by atoms with E-state index in [9.17, 15) is 4.79 Å². The first-order chi connectivity index (χ1) is 5.76. The summed E-state index contributed by atoms with van der Waals surface area (Å²) >= 11 is 0. The van der Waals surface area contributed by atoms with E-state index >= 15 is 0 Å². The molecule has 64 valence electrons. The highest BCUT2D eigenvalue weighted by Gasteiger charge is 2.46. The molecule has 1 aliphatic carbocycles. The predicted molar refractivity (Wildman–Crippen MR) is 41.2 cm³/mol. The molecule has 0 bridgehead atoms. The van der Waals surface area contributed by atoms with E-state index in [-0.39, 0.29) is 5.91 Å². The van der Waals surface area contributed by atoms with Crippen LogP contribution in [0.25, 0.3) is 0 Å². The Balaban J connectivity index is 2.35. The number of aromatic nitrogens is 1. The smallest absolute Gasteiger partial charge is 0.231 e. The fourth-order valence-electron chi connectivity index (χ4n) is 1.60. The molecule has 0 aliphatic heterocycles. The van der Waals surface area contributed by atoms with Crippen LogP contribution in [0.1, 0.15) is 25.0 Å². The SMILES string of the molecule is NC(=O)C1(c2cnco2)CCC1. The molecule has 1 aromatic rings. The highest BCUT2D eigenvalue weighted by Crippen LogP contribution is 2.43. The molecule has 2 rings (SSSR count). The highest BCUT2D eigenvalue weighted by atomic mass is 16.3. The summed E-state index contributed by atoms with van der Waals surface area (Å²) < 4.78 is 5.09. The zero-order valence-corrected chi connectivity index (χ0v) is 6.62. The predicted octanol–water partition coefficient (Wildman–Crippen LogP) is 0.582. The van der Waals surface area contributed by atoms with Crippen LogP contribution in [0.4, 0.5) is 0 Å². The van der Waals surface area contributed by atoms with Gasteiger partial charge in [-0.1, -0.05) is 6.42 Å². The Hall–Kier alpha value is -1.32. The van der Waals surface area contributed by atoms with Gasteiger partial charge >= 0.3 is 0 Å². The Kier molecular flexibility index (Phi) is 1.43. The summed E-state index contributed by atoms with van der Waals surface area (Å²) in [4.78, 5) is 14.9. The lowest BCUT2D eigenvalue weighted by atomic mass is 9.67. The van der Waals surface area contributed by atoms with Crippen molar-refractivity contribution in [1.29, 1.82) is 0 Å². The number of rotatable bonds is 2. The number of oxazole rings is 1. The minimum atomic E-state index is -0.545. The molecule has 0 atom stereocenters. The van der Waals surface area contributed by atoms with Gasteiger partial charge in [-0.3, -0.25) is 4.79 Å². The standard InChI is InChI=1S/C8H10N2O2/c9-7(11)8(2-1-3-8)6-4-10-5-12-6/h4-5H,1-3H2,(H2,9,11). The van der Waals surface area contributed by atoms with E-state index in [0.717, 1.165) is 19.3 Å². The van der Waals surface area contributed by atoms with Crippen molar-refractivity contribution in [1.82, 2.24) is 4.98 Å². The number of hydrogen-bond acceptors (Lipinski definition) is 3. The molecule has 4 heteroatoms. The van der Waals surface area contributed by atoms with Crippen LogP contribution in [0, 0.1) is 0 Å². The molecule has 1 heterocycles. The maximum atomic E-state index is 11.1. The Bertz CT molecular complexity index is 288. The van der Waals surface area contributed by atoms with Gasteiger partial charge in [0.05, 0.1) is 6.20 Å². The van der Waals surface area contributed by atoms with Crippen LogP contribution in [-0.2, 0) is 10.2 Å². The summed E-state index contributed by atoms with van der Waals surface area (Å²) in [6, 6.07) is 0. The maximum Gasteiger partial charge on any atom is 0.231 e. The summed E-state index contributed by atoms with van der Waals surface area (Å²) in [6.07, 6.45) is 5.51. The molecule has 12 heavy (non-hydrogen) atoms. The largest absolute Gasteiger partial charge is 0.447 e. The lowest BCUT2D eigenvalue weighted by molar-refractivity contribution is -0.127. The molecule has 4 nitrogen and oxygen atoms in total. The lowest BCUT2D eigenvalue weighted by Crippen LogP contribution is -2.46. The van der Waals surface area contributed by atoms with Gasteiger partial charge < -0.3 is 10.2 Å². The van der Waals surface area contributed by atoms with Gasteiger partial charge in [0.1, 0.15) is 11.2 Å². The van der Waals surface area contributed by atoms with Crippen LogP contribution in [0.5, 0.6) is 0 Å². The number of primary amides is 1. The van der Waals surface area contributed by atoms with Crippen molar-refractivity contribution in [3.63, 3.8) is 0 Å². The molecule has 1 saturated carbocycles. The zero-order valence-electron chi connectivity index (χ0n) is 6.62. The zero-order chi connectivity index (χ0) is 8.60. The normalized spacial score (nSPS) is 20.0. The summed E-state index contributed by atoms with van der Waals surface area (Å²) in [5.74, 6) is 0.312. The number of nitrogens with zero attached hydrogens (tertiary/aromatic N) is 1. The van der Waals surface area contributed by atoms with Crippen molar-refractivity contribution in [2.75, 3.05) is 0 Å². The van der Waals surface area contributed by atoms with E-state index in [4.69, 9.17) is 10.2 Å². The molecule has 1 amide bonds. The van der Waals surface area contributed by atoms with Crippen LogP contribution in [0.2, 0.25) is 0 Å². The second kappa shape index (κ2) is 2.33. The Morgan fingerprint density at radius 1 is 1.67 bits per heavy atom. The van der Waals surface area contributed by atoms with Gasteiger partial charge in [-0.05, 0) is 12.8 Å². The van der Waals surface area contributed by atoms with Crippen LogP contribution in [-0.4, -0.2) is 10.9 Å². The van der Waals surface area contributed by atoms with Gasteiger partial charge in [0, 0.05) is 0 Å². The fraction of sp³-hybridized carbons (Fsp3) is 0.500. The van der Waals surface area contributed by atoms with E-state index in [1.165, 1.54) is 6.39 Å². The van der Waals surface area contributed by atoms with Crippen LogP contribution in [0.15, 0.2) is 17.0 Å². The van der Waals surface area contributed by atoms with Crippen molar-refractivity contribution in [2.24, 2.45) is 5.73 Å². The third kappa shape index (κ3) is 0.776. The molecule has 0 aromatic carbocycles. The number of carbonyl (C=O) groups is 1. The molecular weight excluding hydrogens is 156 g/mol. The average Bonchev–Trinajstić information content (AvgIpc) is 2.35. The van der Waals surface area contributed by atoms with Crippen LogP contribution < -0.4 is 5.73 Å². The summed E-state index contributed by atoms with van der Waals surface area (Å²) in [5, 5.41) is 0. The van der Waals surface area contributed by atoms with E-state index < -0.39 is 5.41 Å². The number of carbonyl (C=O) groups excluding carboxylic acids is 1. The maximum absolute atomic E-state index is 11.1. The van der Waals surface area contributed by atoms with Crippen molar-refractivity contribution >= 4 is 5.91 Å². The Morgan fingerprint density at radius 3 is 2.75 bits per heavy atom. The third-order valence-electron chi connectivity index (χ3n) is 2.58. The van der Waals surface area contributed by atoms with Crippen LogP contribution >= 0.6 is 0 Å². The van der Waals surface area contributed by atoms with E-state index in [2.05, 4.69) is 4.98 Å². The van der Waals surface area contributed by atoms with Crippen molar-refractivity contribution in [3.05, 3.63) is 18.4 Å². The van der Waals surface area contributed by atoms with E-state index in [1.807, 2.05) is 0 Å². The molecule has 0 radical (unpaired) electrons. The first kappa shape index (κ1) is 7.34. The second-order valence-corrected chi connectivity index (χ2v) is 3.17.